The van der Waals surface area contributed by atoms with Gasteiger partial charge in [0.15, 0.2) is 0 Å². The number of hydrogen-bond donors (Lipinski definition) is 1. The maximum atomic E-state index is 12.8. The van der Waals surface area contributed by atoms with Crippen LogP contribution in [0.15, 0.2) is 39.2 Å². The Morgan fingerprint density at radius 2 is 1.95 bits per heavy atom. The van der Waals surface area contributed by atoms with E-state index in [-0.39, 0.29) is 4.47 Å². The summed E-state index contributed by atoms with van der Waals surface area (Å²) in [6.45, 7) is 1.79. The Morgan fingerprint density at radius 3 is 2.55 bits per heavy atom. The van der Waals surface area contributed by atoms with Crippen molar-refractivity contribution in [2.45, 2.75) is 25.6 Å². The van der Waals surface area contributed by atoms with Gasteiger partial charge in [-0.15, -0.1) is 0 Å². The summed E-state index contributed by atoms with van der Waals surface area (Å²) in [5, 5.41) is 9.64. The molecule has 0 spiro atoms. The van der Waals surface area contributed by atoms with Gasteiger partial charge in [0.25, 0.3) is 0 Å². The van der Waals surface area contributed by atoms with Crippen molar-refractivity contribution in [2.24, 2.45) is 0 Å². The summed E-state index contributed by atoms with van der Waals surface area (Å²) < 4.78 is 43.9. The second kappa shape index (κ2) is 5.61. The molecule has 1 aromatic heterocycles. The molecule has 0 aliphatic rings. The summed E-state index contributed by atoms with van der Waals surface area (Å²) in [5.41, 5.74) is -0.445. The van der Waals surface area contributed by atoms with Crippen molar-refractivity contribution in [3.8, 4) is 11.3 Å². The lowest BCUT2D eigenvalue weighted by atomic mass is 10.1. The SMILES string of the molecule is CCC(O)c1ccc(-c2ccc(Br)c(C(F)(F)F)c2)o1. The van der Waals surface area contributed by atoms with E-state index in [9.17, 15) is 18.3 Å². The quantitative estimate of drug-likeness (QED) is 0.829. The number of aliphatic hydroxyl groups excluding tert-OH is 1. The lowest BCUT2D eigenvalue weighted by molar-refractivity contribution is -0.138. The highest BCUT2D eigenvalue weighted by Gasteiger charge is 2.33. The molecule has 0 bridgehead atoms. The fourth-order valence-electron chi connectivity index (χ4n) is 1.78. The zero-order valence-electron chi connectivity index (χ0n) is 10.5. The second-order valence-electron chi connectivity index (χ2n) is 4.32. The van der Waals surface area contributed by atoms with Crippen LogP contribution in [0.25, 0.3) is 11.3 Å². The van der Waals surface area contributed by atoms with Gasteiger partial charge in [-0.1, -0.05) is 28.9 Å². The van der Waals surface area contributed by atoms with Gasteiger partial charge in [-0.25, -0.2) is 0 Å². The Morgan fingerprint density at radius 1 is 1.25 bits per heavy atom. The summed E-state index contributed by atoms with van der Waals surface area (Å²) in [7, 11) is 0. The van der Waals surface area contributed by atoms with Crippen LogP contribution in [0.4, 0.5) is 13.2 Å². The first kappa shape index (κ1) is 15.1. The highest BCUT2D eigenvalue weighted by atomic mass is 79.9. The number of rotatable bonds is 3. The Bertz CT molecular complexity index is 605. The number of halogens is 4. The van der Waals surface area contributed by atoms with Crippen molar-refractivity contribution in [1.82, 2.24) is 0 Å². The first-order valence-electron chi connectivity index (χ1n) is 5.98. The molecule has 0 radical (unpaired) electrons. The van der Waals surface area contributed by atoms with E-state index in [4.69, 9.17) is 4.42 Å². The van der Waals surface area contributed by atoms with Gasteiger partial charge < -0.3 is 9.52 Å². The van der Waals surface area contributed by atoms with E-state index in [1.165, 1.54) is 12.1 Å². The van der Waals surface area contributed by atoms with Gasteiger partial charge in [0.2, 0.25) is 0 Å². The number of hydrogen-bond acceptors (Lipinski definition) is 2. The van der Waals surface area contributed by atoms with Crippen molar-refractivity contribution >= 4 is 15.9 Å². The molecule has 0 saturated heterocycles. The summed E-state index contributed by atoms with van der Waals surface area (Å²) in [4.78, 5) is 0. The lowest BCUT2D eigenvalue weighted by Crippen LogP contribution is -2.06. The van der Waals surface area contributed by atoms with E-state index in [2.05, 4.69) is 15.9 Å². The van der Waals surface area contributed by atoms with Crippen LogP contribution in [-0.2, 0) is 6.18 Å². The summed E-state index contributed by atoms with van der Waals surface area (Å²) >= 11 is 2.89. The third-order valence-electron chi connectivity index (χ3n) is 2.90. The number of alkyl halides is 3. The fourth-order valence-corrected chi connectivity index (χ4v) is 2.26. The minimum Gasteiger partial charge on any atom is -0.458 e. The fraction of sp³-hybridized carbons (Fsp3) is 0.286. The molecule has 1 unspecified atom stereocenters. The van der Waals surface area contributed by atoms with E-state index < -0.39 is 17.8 Å². The highest BCUT2D eigenvalue weighted by Crippen LogP contribution is 2.38. The van der Waals surface area contributed by atoms with Crippen LogP contribution in [0.2, 0.25) is 0 Å². The monoisotopic (exact) mass is 348 g/mol. The van der Waals surface area contributed by atoms with Crippen molar-refractivity contribution in [3.05, 3.63) is 46.1 Å². The number of aliphatic hydroxyl groups is 1. The molecule has 108 valence electrons. The van der Waals surface area contributed by atoms with Crippen LogP contribution < -0.4 is 0 Å². The molecule has 2 rings (SSSR count). The average molecular weight is 349 g/mol. The smallest absolute Gasteiger partial charge is 0.417 e. The Balaban J connectivity index is 2.41. The molecule has 20 heavy (non-hydrogen) atoms. The number of benzene rings is 1. The molecular weight excluding hydrogens is 337 g/mol. The predicted octanol–water partition coefficient (Wildman–Crippen LogP) is 5.17. The molecule has 1 N–H and O–H groups in total. The topological polar surface area (TPSA) is 33.4 Å². The molecule has 1 heterocycles. The maximum absolute atomic E-state index is 12.8. The second-order valence-corrected chi connectivity index (χ2v) is 5.17. The highest BCUT2D eigenvalue weighted by molar-refractivity contribution is 9.10. The van der Waals surface area contributed by atoms with Crippen LogP contribution >= 0.6 is 15.9 Å². The molecule has 1 atom stereocenters. The molecule has 2 nitrogen and oxygen atoms in total. The zero-order chi connectivity index (χ0) is 14.9. The van der Waals surface area contributed by atoms with Crippen molar-refractivity contribution in [2.75, 3.05) is 0 Å². The zero-order valence-corrected chi connectivity index (χ0v) is 12.1. The third-order valence-corrected chi connectivity index (χ3v) is 3.59. The number of furan rings is 1. The first-order valence-corrected chi connectivity index (χ1v) is 6.77. The van der Waals surface area contributed by atoms with E-state index in [0.717, 1.165) is 6.07 Å². The largest absolute Gasteiger partial charge is 0.458 e. The normalized spacial score (nSPS) is 13.5. The first-order chi connectivity index (χ1) is 9.32. The summed E-state index contributed by atoms with van der Waals surface area (Å²) in [6.07, 6.45) is -4.71. The standard InChI is InChI=1S/C14H12BrF3O2/c1-2-11(19)13-6-5-12(20-13)8-3-4-10(15)9(7-8)14(16,17)18/h3-7,11,19H,2H2,1H3. The van der Waals surface area contributed by atoms with Crippen LogP contribution in [-0.4, -0.2) is 5.11 Å². The molecule has 0 saturated carbocycles. The van der Waals surface area contributed by atoms with E-state index in [1.54, 1.807) is 19.1 Å². The van der Waals surface area contributed by atoms with E-state index in [0.29, 0.717) is 23.5 Å². The van der Waals surface area contributed by atoms with Gasteiger partial charge in [0.1, 0.15) is 17.6 Å². The van der Waals surface area contributed by atoms with Crippen LogP contribution in [0.5, 0.6) is 0 Å². The van der Waals surface area contributed by atoms with E-state index in [1.807, 2.05) is 0 Å². The molecule has 0 amide bonds. The van der Waals surface area contributed by atoms with Crippen LogP contribution in [0.3, 0.4) is 0 Å². The third kappa shape index (κ3) is 3.07. The molecule has 2 aromatic rings. The van der Waals surface area contributed by atoms with Gasteiger partial charge in [-0.2, -0.15) is 13.2 Å². The summed E-state index contributed by atoms with van der Waals surface area (Å²) in [6, 6.07) is 7.00. The van der Waals surface area contributed by atoms with Crippen molar-refractivity contribution < 1.29 is 22.7 Å². The minimum absolute atomic E-state index is 0.0193. The van der Waals surface area contributed by atoms with Gasteiger partial charge in [0.05, 0.1) is 5.56 Å². The molecule has 6 heteroatoms. The molecule has 0 aliphatic carbocycles. The maximum Gasteiger partial charge on any atom is 0.417 e. The summed E-state index contributed by atoms with van der Waals surface area (Å²) in [5.74, 6) is 0.643. The van der Waals surface area contributed by atoms with Gasteiger partial charge in [-0.3, -0.25) is 0 Å². The van der Waals surface area contributed by atoms with Crippen LogP contribution in [0.1, 0.15) is 30.8 Å². The Kier molecular flexibility index (Phi) is 4.25. The lowest BCUT2D eigenvalue weighted by Gasteiger charge is -2.10. The van der Waals surface area contributed by atoms with Gasteiger partial charge >= 0.3 is 6.18 Å². The van der Waals surface area contributed by atoms with Gasteiger partial charge in [-0.05, 0) is 30.7 Å². The predicted molar refractivity (Wildman–Crippen MR) is 72.1 cm³/mol. The Hall–Kier alpha value is -1.27. The molecule has 0 aliphatic heterocycles. The molecule has 0 fully saturated rings. The van der Waals surface area contributed by atoms with Crippen molar-refractivity contribution in [3.63, 3.8) is 0 Å². The molecule has 1 aromatic carbocycles. The van der Waals surface area contributed by atoms with Crippen LogP contribution in [0, 0.1) is 0 Å². The minimum atomic E-state index is -4.44. The van der Waals surface area contributed by atoms with Crippen molar-refractivity contribution in [1.29, 1.82) is 0 Å². The molecular formula is C14H12BrF3O2. The van der Waals surface area contributed by atoms with E-state index >= 15 is 0 Å². The average Bonchev–Trinajstić information content (AvgIpc) is 2.86. The van der Waals surface area contributed by atoms with Gasteiger partial charge in [0, 0.05) is 10.0 Å². The Labute approximate surface area is 122 Å².